The smallest absolute Gasteiger partial charge is 0.141 e. The minimum absolute atomic E-state index is 0.756. The van der Waals surface area contributed by atoms with Gasteiger partial charge in [0, 0.05) is 67.8 Å². The molecule has 9 rings (SSSR count). The van der Waals surface area contributed by atoms with E-state index in [-0.39, 0.29) is 0 Å². The van der Waals surface area contributed by atoms with E-state index in [1.54, 1.807) is 18.6 Å². The average Bonchev–Trinajstić information content (AvgIpc) is 3.27. The van der Waals surface area contributed by atoms with Crippen LogP contribution in [-0.2, 0) is 0 Å². The topological polar surface area (TPSA) is 188 Å². The second-order valence-electron chi connectivity index (χ2n) is 12.6. The van der Waals surface area contributed by atoms with E-state index in [0.29, 0.717) is 0 Å². The van der Waals surface area contributed by atoms with E-state index in [1.165, 1.54) is 19.0 Å². The van der Waals surface area contributed by atoms with Crippen molar-refractivity contribution < 1.29 is 0 Å². The second-order valence-corrected chi connectivity index (χ2v) is 15.3. The van der Waals surface area contributed by atoms with E-state index in [2.05, 4.69) is 125 Å². The van der Waals surface area contributed by atoms with Gasteiger partial charge >= 0.3 is 0 Å². The maximum Gasteiger partial charge on any atom is 0.141 e. The SMILES string of the molecule is CNc1cc2c(Nc3cccc(Br)c3)ncnc2cn1.CNc1cc2c(Nc3cccc(Br)c3)ncnc2cn1.CNc1cc2c(Nc3cccc(Br)c3)ncnc2cn1. The van der Waals surface area contributed by atoms with Crippen LogP contribution >= 0.6 is 47.8 Å². The van der Waals surface area contributed by atoms with Crippen LogP contribution in [-0.4, -0.2) is 66.0 Å². The van der Waals surface area contributed by atoms with Crippen molar-refractivity contribution in [1.82, 2.24) is 44.9 Å². The monoisotopic (exact) mass is 987 g/mol. The molecule has 6 heterocycles. The van der Waals surface area contributed by atoms with Gasteiger partial charge in [0.05, 0.1) is 35.1 Å². The second kappa shape index (κ2) is 19.9. The average molecular weight is 991 g/mol. The number of nitrogens with zero attached hydrogens (tertiary/aromatic N) is 9. The van der Waals surface area contributed by atoms with Gasteiger partial charge in [-0.05, 0) is 72.8 Å². The molecule has 0 aliphatic rings. The zero-order valence-corrected chi connectivity index (χ0v) is 37.0. The van der Waals surface area contributed by atoms with E-state index >= 15 is 0 Å². The van der Waals surface area contributed by atoms with Crippen LogP contribution < -0.4 is 31.9 Å². The summed E-state index contributed by atoms with van der Waals surface area (Å²) in [5.41, 5.74) is 5.29. The van der Waals surface area contributed by atoms with Crippen LogP contribution in [0.25, 0.3) is 32.7 Å². The number of benzene rings is 3. The molecule has 0 spiro atoms. The molecule has 15 nitrogen and oxygen atoms in total. The molecule has 0 saturated carbocycles. The summed E-state index contributed by atoms with van der Waals surface area (Å²) in [4.78, 5) is 38.4. The lowest BCUT2D eigenvalue weighted by atomic mass is 10.2. The molecule has 0 unspecified atom stereocenters. The van der Waals surface area contributed by atoms with Crippen molar-refractivity contribution in [3.05, 3.63) is 142 Å². The fraction of sp³-hybridized carbons (Fsp3) is 0.0714. The van der Waals surface area contributed by atoms with Gasteiger partial charge in [0.2, 0.25) is 0 Å². The first-order valence-corrected chi connectivity index (χ1v) is 20.6. The summed E-state index contributed by atoms with van der Waals surface area (Å²) in [5, 5.41) is 21.7. The molecule has 6 N–H and O–H groups in total. The van der Waals surface area contributed by atoms with Crippen LogP contribution in [0.15, 0.2) is 142 Å². The van der Waals surface area contributed by atoms with E-state index < -0.39 is 0 Å². The first-order chi connectivity index (χ1) is 29.3. The Morgan fingerprint density at radius 2 is 0.667 bits per heavy atom. The Morgan fingerprint density at radius 1 is 0.367 bits per heavy atom. The Kier molecular flexibility index (Phi) is 13.8. The predicted molar refractivity (Wildman–Crippen MR) is 253 cm³/mol. The summed E-state index contributed by atoms with van der Waals surface area (Å²) in [6, 6.07) is 29.6. The van der Waals surface area contributed by atoms with Gasteiger partial charge in [0.15, 0.2) is 0 Å². The maximum absolute atomic E-state index is 4.31. The molecular formula is C42H36Br3N15. The van der Waals surface area contributed by atoms with E-state index in [9.17, 15) is 0 Å². The Bertz CT molecular complexity index is 2590. The summed E-state index contributed by atoms with van der Waals surface area (Å²) >= 11 is 10.4. The van der Waals surface area contributed by atoms with Crippen molar-refractivity contribution in [3.8, 4) is 0 Å². The number of anilines is 9. The molecule has 6 aromatic heterocycles. The lowest BCUT2D eigenvalue weighted by Crippen LogP contribution is -1.98. The Labute approximate surface area is 370 Å². The fourth-order valence-electron chi connectivity index (χ4n) is 5.69. The van der Waals surface area contributed by atoms with Gasteiger partial charge in [0.25, 0.3) is 0 Å². The van der Waals surface area contributed by atoms with Crippen LogP contribution in [0.4, 0.5) is 52.0 Å². The highest BCUT2D eigenvalue weighted by molar-refractivity contribution is 9.11. The van der Waals surface area contributed by atoms with E-state index in [4.69, 9.17) is 0 Å². The number of halogens is 3. The molecule has 300 valence electrons. The van der Waals surface area contributed by atoms with Crippen molar-refractivity contribution in [2.24, 2.45) is 0 Å². The van der Waals surface area contributed by atoms with E-state index in [0.717, 1.165) is 98.1 Å². The highest BCUT2D eigenvalue weighted by Gasteiger charge is 2.09. The molecule has 0 saturated heterocycles. The molecule has 0 fully saturated rings. The summed E-state index contributed by atoms with van der Waals surface area (Å²) in [7, 11) is 5.50. The molecule has 0 aliphatic heterocycles. The predicted octanol–water partition coefficient (Wildman–Crippen LogP) is 10.7. The molecule has 0 aliphatic carbocycles. The highest BCUT2D eigenvalue weighted by Crippen LogP contribution is 2.28. The van der Waals surface area contributed by atoms with Gasteiger partial charge in [0.1, 0.15) is 53.9 Å². The van der Waals surface area contributed by atoms with Crippen LogP contribution in [0.1, 0.15) is 0 Å². The van der Waals surface area contributed by atoms with Crippen molar-refractivity contribution >= 4 is 132 Å². The van der Waals surface area contributed by atoms with Gasteiger partial charge in [-0.1, -0.05) is 66.0 Å². The third-order valence-electron chi connectivity index (χ3n) is 8.60. The largest absolute Gasteiger partial charge is 0.373 e. The van der Waals surface area contributed by atoms with Crippen molar-refractivity contribution in [2.45, 2.75) is 0 Å². The number of hydrogen-bond donors (Lipinski definition) is 6. The van der Waals surface area contributed by atoms with Gasteiger partial charge in [-0.25, -0.2) is 44.9 Å². The Morgan fingerprint density at radius 3 is 0.933 bits per heavy atom. The minimum Gasteiger partial charge on any atom is -0.373 e. The quantitative estimate of drug-likeness (QED) is 0.0801. The fourth-order valence-corrected chi connectivity index (χ4v) is 6.89. The summed E-state index contributed by atoms with van der Waals surface area (Å²) in [6.07, 6.45) is 9.79. The van der Waals surface area contributed by atoms with Gasteiger partial charge in [-0.2, -0.15) is 0 Å². The third-order valence-corrected chi connectivity index (χ3v) is 10.1. The van der Waals surface area contributed by atoms with E-state index in [1.807, 2.05) is 112 Å². The first kappa shape index (κ1) is 41.5. The van der Waals surface area contributed by atoms with Gasteiger partial charge in [-0.15, -0.1) is 0 Å². The first-order valence-electron chi connectivity index (χ1n) is 18.2. The minimum atomic E-state index is 0.756. The van der Waals surface area contributed by atoms with Crippen LogP contribution in [0.2, 0.25) is 0 Å². The molecule has 3 aromatic carbocycles. The molecule has 0 amide bonds. The van der Waals surface area contributed by atoms with Crippen LogP contribution in [0.3, 0.4) is 0 Å². The standard InChI is InChI=1S/3C14H12BrN5/c3*1-16-13-6-11-12(7-17-13)18-8-19-14(11)20-10-4-2-3-9(15)5-10/h3*2-8H,1H3,(H,16,17)(H,18,19,20). The Hall–Kier alpha value is -6.63. The third kappa shape index (κ3) is 10.7. The van der Waals surface area contributed by atoms with Crippen LogP contribution in [0.5, 0.6) is 0 Å². The molecule has 9 aromatic rings. The molecule has 0 radical (unpaired) electrons. The molecule has 60 heavy (non-hydrogen) atoms. The zero-order chi connectivity index (χ0) is 41.8. The number of hydrogen-bond acceptors (Lipinski definition) is 15. The lowest BCUT2D eigenvalue weighted by molar-refractivity contribution is 1.20. The summed E-state index contributed by atoms with van der Waals surface area (Å²) in [6.45, 7) is 0. The number of fused-ring (bicyclic) bond motifs is 3. The number of rotatable bonds is 9. The number of pyridine rings is 3. The van der Waals surface area contributed by atoms with Crippen molar-refractivity contribution in [1.29, 1.82) is 0 Å². The van der Waals surface area contributed by atoms with Gasteiger partial charge in [-0.3, -0.25) is 0 Å². The number of aromatic nitrogens is 9. The van der Waals surface area contributed by atoms with Crippen LogP contribution in [0, 0.1) is 0 Å². The van der Waals surface area contributed by atoms with Crippen molar-refractivity contribution in [3.63, 3.8) is 0 Å². The normalized spacial score (nSPS) is 10.5. The lowest BCUT2D eigenvalue weighted by Gasteiger charge is -2.09. The maximum atomic E-state index is 4.31. The Balaban J connectivity index is 0.000000136. The number of nitrogens with one attached hydrogen (secondary N) is 6. The summed E-state index contributed by atoms with van der Waals surface area (Å²) < 4.78 is 3.04. The summed E-state index contributed by atoms with van der Waals surface area (Å²) in [5.74, 6) is 4.62. The highest BCUT2D eigenvalue weighted by atomic mass is 79.9. The van der Waals surface area contributed by atoms with Gasteiger partial charge < -0.3 is 31.9 Å². The zero-order valence-electron chi connectivity index (χ0n) is 32.3. The molecule has 0 atom stereocenters. The molecular weight excluding hydrogens is 954 g/mol. The molecule has 18 heteroatoms. The molecule has 0 bridgehead atoms. The van der Waals surface area contributed by atoms with Crippen molar-refractivity contribution in [2.75, 3.05) is 53.0 Å².